The number of hydroxylamine groups is 1. The van der Waals surface area contributed by atoms with Gasteiger partial charge in [0.2, 0.25) is 0 Å². The van der Waals surface area contributed by atoms with E-state index in [1.807, 2.05) is 13.0 Å². The molecule has 1 saturated heterocycles. The van der Waals surface area contributed by atoms with Gasteiger partial charge >= 0.3 is 0 Å². The number of hydrogen-bond acceptors (Lipinski definition) is 2. The molecule has 3 heteroatoms. The minimum absolute atomic E-state index is 0.178. The lowest BCUT2D eigenvalue weighted by atomic mass is 9.90. The van der Waals surface area contributed by atoms with Crippen LogP contribution in [-0.2, 0) is 10.4 Å². The van der Waals surface area contributed by atoms with Crippen molar-refractivity contribution in [2.24, 2.45) is 0 Å². The Bertz CT molecular complexity index is 308. The summed E-state index contributed by atoms with van der Waals surface area (Å²) in [6, 6.07) is 6.79. The molecule has 0 unspecified atom stereocenters. The molecule has 0 aromatic heterocycles. The van der Waals surface area contributed by atoms with Gasteiger partial charge in [0.1, 0.15) is 5.82 Å². The van der Waals surface area contributed by atoms with Gasteiger partial charge in [0.15, 0.2) is 0 Å². The van der Waals surface area contributed by atoms with Gasteiger partial charge in [-0.15, -0.1) is 0 Å². The van der Waals surface area contributed by atoms with Gasteiger partial charge in [-0.2, -0.15) is 5.48 Å². The van der Waals surface area contributed by atoms with Crippen LogP contribution in [0.15, 0.2) is 24.3 Å². The van der Waals surface area contributed by atoms with Crippen LogP contribution in [-0.4, -0.2) is 6.61 Å². The lowest BCUT2D eigenvalue weighted by Gasteiger charge is -2.22. The first-order chi connectivity index (χ1) is 6.22. The third-order valence-corrected chi connectivity index (χ3v) is 2.47. The van der Waals surface area contributed by atoms with Gasteiger partial charge in [0.25, 0.3) is 0 Å². The molecule has 0 radical (unpaired) electrons. The summed E-state index contributed by atoms with van der Waals surface area (Å²) in [5.74, 6) is -0.178. The van der Waals surface area contributed by atoms with Crippen molar-refractivity contribution < 1.29 is 9.23 Å². The van der Waals surface area contributed by atoms with Crippen LogP contribution >= 0.6 is 0 Å². The van der Waals surface area contributed by atoms with Crippen LogP contribution < -0.4 is 5.48 Å². The average molecular weight is 181 g/mol. The highest BCUT2D eigenvalue weighted by Gasteiger charge is 2.33. The predicted octanol–water partition coefficient (Wildman–Crippen LogP) is 1.97. The molecule has 0 spiro atoms. The second-order valence-electron chi connectivity index (χ2n) is 3.51. The standard InChI is InChI=1S/C10H12FNO/c1-10(6-7-13-12-10)8-4-2-3-5-9(8)11/h2-5,12H,6-7H2,1H3/t10-/m0/s1. The Kier molecular flexibility index (Phi) is 2.06. The lowest BCUT2D eigenvalue weighted by Crippen LogP contribution is -2.33. The van der Waals surface area contributed by atoms with Crippen LogP contribution in [0.1, 0.15) is 18.9 Å². The Balaban J connectivity index is 2.39. The van der Waals surface area contributed by atoms with Crippen LogP contribution in [0.4, 0.5) is 4.39 Å². The van der Waals surface area contributed by atoms with E-state index in [4.69, 9.17) is 4.84 Å². The Morgan fingerprint density at radius 3 is 2.85 bits per heavy atom. The van der Waals surface area contributed by atoms with E-state index in [9.17, 15) is 4.39 Å². The molecule has 13 heavy (non-hydrogen) atoms. The monoisotopic (exact) mass is 181 g/mol. The molecule has 2 nitrogen and oxygen atoms in total. The summed E-state index contributed by atoms with van der Waals surface area (Å²) in [5, 5.41) is 0. The third kappa shape index (κ3) is 1.45. The Morgan fingerprint density at radius 2 is 2.23 bits per heavy atom. The van der Waals surface area contributed by atoms with Crippen molar-refractivity contribution in [2.75, 3.05) is 6.61 Å². The van der Waals surface area contributed by atoms with Crippen LogP contribution in [0.3, 0.4) is 0 Å². The van der Waals surface area contributed by atoms with Crippen molar-refractivity contribution in [1.82, 2.24) is 5.48 Å². The van der Waals surface area contributed by atoms with Gasteiger partial charge in [0, 0.05) is 5.56 Å². The fourth-order valence-electron chi connectivity index (χ4n) is 1.61. The second kappa shape index (κ2) is 3.09. The van der Waals surface area contributed by atoms with Crippen LogP contribution in [0.5, 0.6) is 0 Å². The second-order valence-corrected chi connectivity index (χ2v) is 3.51. The largest absolute Gasteiger partial charge is 0.301 e. The number of hydrogen-bond donors (Lipinski definition) is 1. The first-order valence-electron chi connectivity index (χ1n) is 4.36. The number of nitrogens with one attached hydrogen (secondary N) is 1. The number of benzene rings is 1. The Hall–Kier alpha value is -0.930. The fraction of sp³-hybridized carbons (Fsp3) is 0.400. The maximum atomic E-state index is 13.4. The van der Waals surface area contributed by atoms with E-state index in [0.29, 0.717) is 12.2 Å². The molecule has 1 aromatic rings. The van der Waals surface area contributed by atoms with E-state index in [1.54, 1.807) is 12.1 Å². The third-order valence-electron chi connectivity index (χ3n) is 2.47. The summed E-state index contributed by atoms with van der Waals surface area (Å²) in [4.78, 5) is 5.05. The smallest absolute Gasteiger partial charge is 0.128 e. The molecule has 1 fully saturated rings. The Labute approximate surface area is 76.7 Å². The molecule has 2 rings (SSSR count). The van der Waals surface area contributed by atoms with Gasteiger partial charge < -0.3 is 4.84 Å². The molecule has 1 aliphatic rings. The zero-order chi connectivity index (χ0) is 9.31. The molecule has 0 saturated carbocycles. The van der Waals surface area contributed by atoms with Gasteiger partial charge in [-0.25, -0.2) is 4.39 Å². The summed E-state index contributed by atoms with van der Waals surface area (Å²) in [6.45, 7) is 2.57. The molecular weight excluding hydrogens is 169 g/mol. The maximum Gasteiger partial charge on any atom is 0.128 e. The fourth-order valence-corrected chi connectivity index (χ4v) is 1.61. The summed E-state index contributed by atoms with van der Waals surface area (Å²) in [7, 11) is 0. The van der Waals surface area contributed by atoms with E-state index in [2.05, 4.69) is 5.48 Å². The quantitative estimate of drug-likeness (QED) is 0.715. The van der Waals surface area contributed by atoms with Crippen LogP contribution in [0.2, 0.25) is 0 Å². The lowest BCUT2D eigenvalue weighted by molar-refractivity contribution is 0.0644. The normalized spacial score (nSPS) is 27.8. The van der Waals surface area contributed by atoms with Gasteiger partial charge in [-0.1, -0.05) is 18.2 Å². The maximum absolute atomic E-state index is 13.4. The van der Waals surface area contributed by atoms with E-state index in [1.165, 1.54) is 6.07 Å². The van der Waals surface area contributed by atoms with Crippen molar-refractivity contribution in [2.45, 2.75) is 18.9 Å². The van der Waals surface area contributed by atoms with Crippen LogP contribution in [0.25, 0.3) is 0 Å². The van der Waals surface area contributed by atoms with Gasteiger partial charge in [-0.05, 0) is 19.4 Å². The Morgan fingerprint density at radius 1 is 1.46 bits per heavy atom. The van der Waals surface area contributed by atoms with E-state index in [0.717, 1.165) is 6.42 Å². The van der Waals surface area contributed by atoms with Crippen molar-refractivity contribution >= 4 is 0 Å². The molecule has 0 bridgehead atoms. The first kappa shape index (κ1) is 8.66. The van der Waals surface area contributed by atoms with Crippen LogP contribution in [0, 0.1) is 5.82 Å². The SMILES string of the molecule is C[C@@]1(c2ccccc2F)CCON1. The minimum Gasteiger partial charge on any atom is -0.301 e. The molecule has 1 atom stereocenters. The summed E-state index contributed by atoms with van der Waals surface area (Å²) in [5.41, 5.74) is 3.15. The molecular formula is C10H12FNO. The molecule has 0 amide bonds. The summed E-state index contributed by atoms with van der Waals surface area (Å²) in [6.07, 6.45) is 0.800. The zero-order valence-electron chi connectivity index (χ0n) is 7.51. The molecule has 1 aromatic carbocycles. The van der Waals surface area contributed by atoms with Crippen molar-refractivity contribution in [3.63, 3.8) is 0 Å². The molecule has 1 N–H and O–H groups in total. The summed E-state index contributed by atoms with van der Waals surface area (Å²) < 4.78 is 13.4. The highest BCUT2D eigenvalue weighted by atomic mass is 19.1. The van der Waals surface area contributed by atoms with E-state index < -0.39 is 0 Å². The topological polar surface area (TPSA) is 21.3 Å². The van der Waals surface area contributed by atoms with Gasteiger partial charge in [-0.3, -0.25) is 0 Å². The highest BCUT2D eigenvalue weighted by molar-refractivity contribution is 5.25. The van der Waals surface area contributed by atoms with Crippen molar-refractivity contribution in [1.29, 1.82) is 0 Å². The average Bonchev–Trinajstić information content (AvgIpc) is 2.54. The summed E-state index contributed by atoms with van der Waals surface area (Å²) >= 11 is 0. The van der Waals surface area contributed by atoms with Crippen molar-refractivity contribution in [3.8, 4) is 0 Å². The molecule has 70 valence electrons. The number of rotatable bonds is 1. The number of halogens is 1. The molecule has 0 aliphatic carbocycles. The van der Waals surface area contributed by atoms with Gasteiger partial charge in [0.05, 0.1) is 12.1 Å². The molecule has 1 aliphatic heterocycles. The zero-order valence-corrected chi connectivity index (χ0v) is 7.51. The molecule has 1 heterocycles. The van der Waals surface area contributed by atoms with Crippen molar-refractivity contribution in [3.05, 3.63) is 35.6 Å². The minimum atomic E-state index is -0.370. The van der Waals surface area contributed by atoms with E-state index >= 15 is 0 Å². The highest BCUT2D eigenvalue weighted by Crippen LogP contribution is 2.29. The van der Waals surface area contributed by atoms with E-state index in [-0.39, 0.29) is 11.4 Å². The predicted molar refractivity (Wildman–Crippen MR) is 47.5 cm³/mol. The first-order valence-corrected chi connectivity index (χ1v) is 4.36.